The molecule has 0 saturated heterocycles. The van der Waals surface area contributed by atoms with Crippen molar-refractivity contribution in [1.82, 2.24) is 4.98 Å². The third kappa shape index (κ3) is 3.80. The minimum absolute atomic E-state index is 0.176. The zero-order valence-electron chi connectivity index (χ0n) is 10.5. The lowest BCUT2D eigenvalue weighted by atomic mass is 10.1. The molecule has 0 fully saturated rings. The first-order valence-corrected chi connectivity index (χ1v) is 6.22. The number of nitrogens with zero attached hydrogens (tertiary/aromatic N) is 1. The summed E-state index contributed by atoms with van der Waals surface area (Å²) in [5.41, 5.74) is 6.94. The number of benzene rings is 1. The molecule has 5 nitrogen and oxygen atoms in total. The largest absolute Gasteiger partial charge is 0.369 e. The number of hydrogen-bond acceptors (Lipinski definition) is 3. The van der Waals surface area contributed by atoms with Crippen LogP contribution >= 0.6 is 11.6 Å². The molecular weight excluding hydrogens is 278 g/mol. The monoisotopic (exact) mass is 289 g/mol. The van der Waals surface area contributed by atoms with E-state index in [2.05, 4.69) is 10.3 Å². The van der Waals surface area contributed by atoms with Gasteiger partial charge >= 0.3 is 0 Å². The molecule has 0 radical (unpaired) electrons. The summed E-state index contributed by atoms with van der Waals surface area (Å²) in [4.78, 5) is 26.5. The second kappa shape index (κ2) is 6.16. The number of anilines is 1. The molecule has 2 aromatic rings. The maximum Gasteiger partial charge on any atom is 0.257 e. The van der Waals surface area contributed by atoms with Gasteiger partial charge in [0.2, 0.25) is 5.91 Å². The Kier molecular flexibility index (Phi) is 4.32. The molecule has 1 aromatic carbocycles. The molecule has 3 N–H and O–H groups in total. The molecule has 0 aliphatic rings. The first-order valence-electron chi connectivity index (χ1n) is 5.85. The molecule has 0 atom stereocenters. The van der Waals surface area contributed by atoms with Crippen molar-refractivity contribution in [2.45, 2.75) is 6.42 Å². The van der Waals surface area contributed by atoms with Crippen molar-refractivity contribution >= 4 is 29.1 Å². The number of nitrogens with two attached hydrogens (primary N) is 1. The van der Waals surface area contributed by atoms with Crippen LogP contribution in [0, 0.1) is 0 Å². The number of nitrogens with one attached hydrogen (secondary N) is 1. The van der Waals surface area contributed by atoms with Crippen LogP contribution in [-0.4, -0.2) is 16.8 Å². The highest BCUT2D eigenvalue weighted by Crippen LogP contribution is 2.12. The summed E-state index contributed by atoms with van der Waals surface area (Å²) in [6.45, 7) is 0. The van der Waals surface area contributed by atoms with Crippen LogP contribution in [-0.2, 0) is 11.2 Å². The lowest BCUT2D eigenvalue weighted by Crippen LogP contribution is -2.14. The number of halogens is 1. The predicted octanol–water partition coefficient (Wildman–Crippen LogP) is 2.02. The van der Waals surface area contributed by atoms with Crippen LogP contribution in [0.1, 0.15) is 15.9 Å². The molecule has 1 aromatic heterocycles. The molecule has 20 heavy (non-hydrogen) atoms. The van der Waals surface area contributed by atoms with E-state index in [0.717, 1.165) is 5.56 Å². The number of hydrogen-bond donors (Lipinski definition) is 2. The van der Waals surface area contributed by atoms with Crippen LogP contribution in [0.4, 0.5) is 5.69 Å². The molecule has 1 heterocycles. The van der Waals surface area contributed by atoms with Crippen molar-refractivity contribution in [1.29, 1.82) is 0 Å². The van der Waals surface area contributed by atoms with Crippen LogP contribution < -0.4 is 11.1 Å². The molecule has 6 heteroatoms. The van der Waals surface area contributed by atoms with E-state index in [-0.39, 0.29) is 12.3 Å². The van der Waals surface area contributed by atoms with Gasteiger partial charge < -0.3 is 11.1 Å². The van der Waals surface area contributed by atoms with Crippen molar-refractivity contribution in [2.75, 3.05) is 5.32 Å². The average molecular weight is 290 g/mol. The minimum atomic E-state index is -0.394. The molecule has 0 aliphatic heterocycles. The van der Waals surface area contributed by atoms with E-state index in [4.69, 9.17) is 17.3 Å². The van der Waals surface area contributed by atoms with Crippen molar-refractivity contribution in [3.63, 3.8) is 0 Å². The van der Waals surface area contributed by atoms with E-state index in [1.54, 1.807) is 36.4 Å². The van der Waals surface area contributed by atoms with Gasteiger partial charge in [-0.2, -0.15) is 0 Å². The van der Waals surface area contributed by atoms with Gasteiger partial charge in [0.25, 0.3) is 5.91 Å². The summed E-state index contributed by atoms with van der Waals surface area (Å²) in [7, 11) is 0. The average Bonchev–Trinajstić information content (AvgIpc) is 2.41. The normalized spacial score (nSPS) is 10.1. The molecule has 2 rings (SSSR count). The number of pyridine rings is 1. The van der Waals surface area contributed by atoms with E-state index in [1.807, 2.05) is 0 Å². The fourth-order valence-electron chi connectivity index (χ4n) is 1.62. The highest BCUT2D eigenvalue weighted by atomic mass is 35.5. The van der Waals surface area contributed by atoms with Crippen LogP contribution in [0.3, 0.4) is 0 Å². The van der Waals surface area contributed by atoms with Gasteiger partial charge in [0.05, 0.1) is 12.0 Å². The fraction of sp³-hybridized carbons (Fsp3) is 0.0714. The maximum absolute atomic E-state index is 11.9. The fourth-order valence-corrected chi connectivity index (χ4v) is 1.73. The van der Waals surface area contributed by atoms with Gasteiger partial charge in [-0.15, -0.1) is 0 Å². The molecule has 0 saturated carbocycles. The SMILES string of the molecule is NC(=O)Cc1ccc(NC(=O)c2ccc(Cl)nc2)cc1. The van der Waals surface area contributed by atoms with Crippen LogP contribution in [0.2, 0.25) is 5.15 Å². The number of primary amides is 1. The van der Waals surface area contributed by atoms with Gasteiger partial charge in [0, 0.05) is 11.9 Å². The Hall–Kier alpha value is -2.40. The molecule has 0 unspecified atom stereocenters. The number of rotatable bonds is 4. The Balaban J connectivity index is 2.04. The molecule has 102 valence electrons. The van der Waals surface area contributed by atoms with E-state index in [9.17, 15) is 9.59 Å². The van der Waals surface area contributed by atoms with Gasteiger partial charge in [-0.3, -0.25) is 9.59 Å². The minimum Gasteiger partial charge on any atom is -0.369 e. The molecule has 2 amide bonds. The van der Waals surface area contributed by atoms with Gasteiger partial charge in [0.15, 0.2) is 0 Å². The Morgan fingerprint density at radius 3 is 2.40 bits per heavy atom. The van der Waals surface area contributed by atoms with Crippen molar-refractivity contribution in [3.05, 3.63) is 58.9 Å². The smallest absolute Gasteiger partial charge is 0.257 e. The van der Waals surface area contributed by atoms with Gasteiger partial charge in [-0.05, 0) is 29.8 Å². The standard InChI is InChI=1S/C14H12ClN3O2/c15-12-6-3-10(8-17-12)14(20)18-11-4-1-9(2-5-11)7-13(16)19/h1-6,8H,7H2,(H2,16,19)(H,18,20). The molecular formula is C14H12ClN3O2. The van der Waals surface area contributed by atoms with Crippen molar-refractivity contribution in [3.8, 4) is 0 Å². The zero-order valence-corrected chi connectivity index (χ0v) is 11.2. The lowest BCUT2D eigenvalue weighted by molar-refractivity contribution is -0.117. The topological polar surface area (TPSA) is 85.1 Å². The quantitative estimate of drug-likeness (QED) is 0.844. The highest BCUT2D eigenvalue weighted by Gasteiger charge is 2.06. The molecule has 0 spiro atoms. The van der Waals surface area contributed by atoms with E-state index in [0.29, 0.717) is 16.4 Å². The first kappa shape index (κ1) is 14.0. The third-order valence-electron chi connectivity index (χ3n) is 2.58. The summed E-state index contributed by atoms with van der Waals surface area (Å²) in [5, 5.41) is 3.05. The third-order valence-corrected chi connectivity index (χ3v) is 2.80. The zero-order chi connectivity index (χ0) is 14.5. The summed E-state index contributed by atoms with van der Waals surface area (Å²) in [5.74, 6) is -0.675. The number of amides is 2. The maximum atomic E-state index is 11.9. The van der Waals surface area contributed by atoms with E-state index in [1.165, 1.54) is 6.20 Å². The summed E-state index contributed by atoms with van der Waals surface area (Å²) in [6, 6.07) is 10.0. The Morgan fingerprint density at radius 2 is 1.85 bits per heavy atom. The second-order valence-electron chi connectivity index (χ2n) is 4.16. The number of aromatic nitrogens is 1. The second-order valence-corrected chi connectivity index (χ2v) is 4.55. The lowest BCUT2D eigenvalue weighted by Gasteiger charge is -2.06. The predicted molar refractivity (Wildman–Crippen MR) is 76.5 cm³/mol. The van der Waals surface area contributed by atoms with E-state index >= 15 is 0 Å². The molecule has 0 aliphatic carbocycles. The van der Waals surface area contributed by atoms with Crippen molar-refractivity contribution in [2.24, 2.45) is 5.73 Å². The Labute approximate surface area is 120 Å². The number of carbonyl (C=O) groups is 2. The van der Waals surface area contributed by atoms with Crippen molar-refractivity contribution < 1.29 is 9.59 Å². The highest BCUT2D eigenvalue weighted by molar-refractivity contribution is 6.29. The van der Waals surface area contributed by atoms with Gasteiger partial charge in [0.1, 0.15) is 5.15 Å². The summed E-state index contributed by atoms with van der Waals surface area (Å²) < 4.78 is 0. The van der Waals surface area contributed by atoms with Gasteiger partial charge in [-0.1, -0.05) is 23.7 Å². The Morgan fingerprint density at radius 1 is 1.15 bits per heavy atom. The van der Waals surface area contributed by atoms with Crippen LogP contribution in [0.25, 0.3) is 0 Å². The number of carbonyl (C=O) groups excluding carboxylic acids is 2. The van der Waals surface area contributed by atoms with Crippen LogP contribution in [0.5, 0.6) is 0 Å². The van der Waals surface area contributed by atoms with E-state index < -0.39 is 5.91 Å². The summed E-state index contributed by atoms with van der Waals surface area (Å²) in [6.07, 6.45) is 1.58. The summed E-state index contributed by atoms with van der Waals surface area (Å²) >= 11 is 5.65. The van der Waals surface area contributed by atoms with Gasteiger partial charge in [-0.25, -0.2) is 4.98 Å². The first-order chi connectivity index (χ1) is 9.54. The Bertz CT molecular complexity index is 624. The molecule has 0 bridgehead atoms. The van der Waals surface area contributed by atoms with Crippen LogP contribution in [0.15, 0.2) is 42.6 Å².